The number of quaternary nitrogens is 1. The Morgan fingerprint density at radius 3 is 2.41 bits per heavy atom. The number of carbonyl (C=O) groups excluding carboxylic acids is 1. The Labute approximate surface area is 173 Å². The van der Waals surface area contributed by atoms with Gasteiger partial charge in [-0.1, -0.05) is 37.5 Å². The van der Waals surface area contributed by atoms with Gasteiger partial charge >= 0.3 is 5.97 Å². The second-order valence-electron chi connectivity index (χ2n) is 8.50. The Morgan fingerprint density at radius 1 is 1.10 bits per heavy atom. The standard InChI is InChI=1S/C22H35FN2O4/c1-25(2,3)16-19(15-22(27)28)24-21(26)13-7-5-4-6-10-14-29-17-18-11-8-9-12-20(18)23/h8-9,11-12,19H,4-7,10,13-17H2,1-3H3,(H-,24,26,27,28)/p+1/t19-/m1/s1. The van der Waals surface area contributed by atoms with Crippen molar-refractivity contribution in [1.29, 1.82) is 0 Å². The van der Waals surface area contributed by atoms with Gasteiger partial charge in [-0.2, -0.15) is 0 Å². The Hall–Kier alpha value is -1.99. The lowest BCUT2D eigenvalue weighted by atomic mass is 10.1. The number of benzene rings is 1. The number of aliphatic carboxylic acids is 1. The predicted molar refractivity (Wildman–Crippen MR) is 111 cm³/mol. The van der Waals surface area contributed by atoms with Crippen LogP contribution in [0.5, 0.6) is 0 Å². The maximum absolute atomic E-state index is 13.4. The summed E-state index contributed by atoms with van der Waals surface area (Å²) in [5, 5.41) is 11.9. The lowest BCUT2D eigenvalue weighted by Gasteiger charge is -2.29. The Kier molecular flexibility index (Phi) is 11.5. The highest BCUT2D eigenvalue weighted by Crippen LogP contribution is 2.10. The summed E-state index contributed by atoms with van der Waals surface area (Å²) >= 11 is 0. The molecule has 1 aromatic rings. The van der Waals surface area contributed by atoms with Crippen LogP contribution in [0.2, 0.25) is 0 Å². The number of halogens is 1. The van der Waals surface area contributed by atoms with Crippen molar-refractivity contribution >= 4 is 11.9 Å². The van der Waals surface area contributed by atoms with E-state index in [4.69, 9.17) is 9.84 Å². The summed E-state index contributed by atoms with van der Waals surface area (Å²) in [6.07, 6.45) is 5.00. The molecule has 6 nitrogen and oxygen atoms in total. The van der Waals surface area contributed by atoms with E-state index in [1.54, 1.807) is 18.2 Å². The van der Waals surface area contributed by atoms with E-state index in [1.165, 1.54) is 6.07 Å². The van der Waals surface area contributed by atoms with Crippen LogP contribution in [-0.2, 0) is 20.9 Å². The van der Waals surface area contributed by atoms with Crippen LogP contribution in [0, 0.1) is 5.82 Å². The van der Waals surface area contributed by atoms with Gasteiger partial charge in [0.1, 0.15) is 5.82 Å². The third-order valence-electron chi connectivity index (χ3n) is 4.46. The lowest BCUT2D eigenvalue weighted by molar-refractivity contribution is -0.871. The zero-order valence-electron chi connectivity index (χ0n) is 18.0. The first-order chi connectivity index (χ1) is 13.7. The summed E-state index contributed by atoms with van der Waals surface area (Å²) < 4.78 is 19.6. The van der Waals surface area contributed by atoms with E-state index in [0.29, 0.717) is 29.6 Å². The molecule has 0 aliphatic carbocycles. The van der Waals surface area contributed by atoms with Crippen LogP contribution < -0.4 is 5.32 Å². The molecule has 0 fully saturated rings. The van der Waals surface area contributed by atoms with Gasteiger partial charge in [0, 0.05) is 18.6 Å². The minimum absolute atomic E-state index is 0.0614. The molecule has 164 valence electrons. The quantitative estimate of drug-likeness (QED) is 0.343. The molecule has 2 N–H and O–H groups in total. The molecule has 0 radical (unpaired) electrons. The van der Waals surface area contributed by atoms with Crippen molar-refractivity contribution in [3.05, 3.63) is 35.6 Å². The number of unbranched alkanes of at least 4 members (excludes halogenated alkanes) is 4. The molecule has 0 aliphatic rings. The highest BCUT2D eigenvalue weighted by atomic mass is 19.1. The zero-order chi connectivity index (χ0) is 21.7. The Balaban J connectivity index is 2.09. The number of nitrogens with one attached hydrogen (secondary N) is 1. The van der Waals surface area contributed by atoms with Gasteiger partial charge in [-0.05, 0) is 18.9 Å². The molecule has 0 aliphatic heterocycles. The van der Waals surface area contributed by atoms with E-state index >= 15 is 0 Å². The van der Waals surface area contributed by atoms with Crippen molar-refractivity contribution in [1.82, 2.24) is 5.32 Å². The van der Waals surface area contributed by atoms with Gasteiger partial charge in [-0.15, -0.1) is 0 Å². The van der Waals surface area contributed by atoms with Crippen molar-refractivity contribution in [2.45, 2.75) is 57.6 Å². The van der Waals surface area contributed by atoms with E-state index in [9.17, 15) is 14.0 Å². The van der Waals surface area contributed by atoms with Gasteiger partial charge in [0.2, 0.25) is 5.91 Å². The van der Waals surface area contributed by atoms with Crippen LogP contribution in [0.4, 0.5) is 4.39 Å². The minimum atomic E-state index is -0.902. The van der Waals surface area contributed by atoms with Crippen LogP contribution in [0.25, 0.3) is 0 Å². The molecule has 29 heavy (non-hydrogen) atoms. The van der Waals surface area contributed by atoms with Gasteiger partial charge in [0.25, 0.3) is 0 Å². The number of carbonyl (C=O) groups is 2. The fourth-order valence-corrected chi connectivity index (χ4v) is 3.15. The van der Waals surface area contributed by atoms with E-state index in [-0.39, 0.29) is 30.8 Å². The minimum Gasteiger partial charge on any atom is -0.481 e. The number of hydrogen-bond donors (Lipinski definition) is 2. The molecule has 7 heteroatoms. The third kappa shape index (κ3) is 13.0. The topological polar surface area (TPSA) is 75.6 Å². The fourth-order valence-electron chi connectivity index (χ4n) is 3.15. The van der Waals surface area contributed by atoms with Crippen molar-refractivity contribution < 1.29 is 28.3 Å². The number of carboxylic acids is 1. The summed E-state index contributed by atoms with van der Waals surface area (Å²) in [5.41, 5.74) is 0.574. The molecular formula is C22H36FN2O4+. The SMILES string of the molecule is C[N+](C)(C)C[C@@H](CC(=O)O)NC(=O)CCCCCCCOCc1ccccc1F. The normalized spacial score (nSPS) is 12.6. The second kappa shape index (κ2) is 13.3. The molecule has 1 atom stereocenters. The van der Waals surface area contributed by atoms with Gasteiger partial charge in [-0.3, -0.25) is 9.59 Å². The van der Waals surface area contributed by atoms with Gasteiger partial charge in [-0.25, -0.2) is 4.39 Å². The smallest absolute Gasteiger partial charge is 0.305 e. The molecular weight excluding hydrogens is 375 g/mol. The fraction of sp³-hybridized carbons (Fsp3) is 0.636. The average Bonchev–Trinajstić information content (AvgIpc) is 2.59. The molecule has 0 aromatic heterocycles. The van der Waals surface area contributed by atoms with Crippen LogP contribution in [0.15, 0.2) is 24.3 Å². The summed E-state index contributed by atoms with van der Waals surface area (Å²) in [5.74, 6) is -1.23. The summed E-state index contributed by atoms with van der Waals surface area (Å²) in [6.45, 7) is 1.46. The molecule has 0 saturated carbocycles. The first-order valence-electron chi connectivity index (χ1n) is 10.3. The zero-order valence-corrected chi connectivity index (χ0v) is 18.0. The van der Waals surface area contributed by atoms with E-state index in [0.717, 1.165) is 32.1 Å². The van der Waals surface area contributed by atoms with Crippen LogP contribution >= 0.6 is 0 Å². The third-order valence-corrected chi connectivity index (χ3v) is 4.46. The monoisotopic (exact) mass is 411 g/mol. The van der Waals surface area contributed by atoms with Crippen LogP contribution in [0.3, 0.4) is 0 Å². The second-order valence-corrected chi connectivity index (χ2v) is 8.50. The number of rotatable bonds is 15. The molecule has 1 aromatic carbocycles. The summed E-state index contributed by atoms with van der Waals surface area (Å²) in [4.78, 5) is 23.1. The highest BCUT2D eigenvalue weighted by molar-refractivity contribution is 5.77. The number of carboxylic acid groups (broad SMARTS) is 1. The molecule has 0 unspecified atom stereocenters. The Morgan fingerprint density at radius 2 is 1.76 bits per heavy atom. The van der Waals surface area contributed by atoms with Gasteiger partial charge < -0.3 is 19.6 Å². The van der Waals surface area contributed by atoms with E-state index in [1.807, 2.05) is 21.1 Å². The number of nitrogens with zero attached hydrogens (tertiary/aromatic N) is 1. The number of ether oxygens (including phenoxy) is 1. The average molecular weight is 412 g/mol. The maximum Gasteiger partial charge on any atom is 0.305 e. The molecule has 0 spiro atoms. The first kappa shape index (κ1) is 25.0. The summed E-state index contributed by atoms with van der Waals surface area (Å²) in [7, 11) is 5.92. The highest BCUT2D eigenvalue weighted by Gasteiger charge is 2.22. The number of hydrogen-bond acceptors (Lipinski definition) is 3. The molecule has 0 saturated heterocycles. The van der Waals surface area contributed by atoms with Crippen molar-refractivity contribution in [2.75, 3.05) is 34.3 Å². The van der Waals surface area contributed by atoms with Gasteiger partial charge in [0.15, 0.2) is 0 Å². The van der Waals surface area contributed by atoms with Crippen LogP contribution in [-0.4, -0.2) is 61.8 Å². The van der Waals surface area contributed by atoms with Crippen LogP contribution in [0.1, 0.15) is 50.5 Å². The van der Waals surface area contributed by atoms with Crippen molar-refractivity contribution in [3.63, 3.8) is 0 Å². The first-order valence-corrected chi connectivity index (χ1v) is 10.3. The number of amides is 1. The predicted octanol–water partition coefficient (Wildman–Crippen LogP) is 3.35. The molecule has 1 amide bonds. The molecule has 0 heterocycles. The van der Waals surface area contributed by atoms with Crippen molar-refractivity contribution in [3.8, 4) is 0 Å². The van der Waals surface area contributed by atoms with Gasteiger partial charge in [0.05, 0.1) is 46.8 Å². The molecule has 0 bridgehead atoms. The van der Waals surface area contributed by atoms with E-state index in [2.05, 4.69) is 5.32 Å². The van der Waals surface area contributed by atoms with E-state index < -0.39 is 5.97 Å². The Bertz CT molecular complexity index is 631. The maximum atomic E-state index is 13.4. The number of likely N-dealkylation sites (N-methyl/N-ethyl adjacent to an activating group) is 1. The lowest BCUT2D eigenvalue weighted by Crippen LogP contribution is -2.49. The van der Waals surface area contributed by atoms with Crippen molar-refractivity contribution in [2.24, 2.45) is 0 Å². The summed E-state index contributed by atoms with van der Waals surface area (Å²) in [6, 6.07) is 6.26. The largest absolute Gasteiger partial charge is 0.481 e. The molecule has 1 rings (SSSR count).